The molecule has 0 unspecified atom stereocenters. The van der Waals surface area contributed by atoms with Gasteiger partial charge in [0.25, 0.3) is 0 Å². The van der Waals surface area contributed by atoms with E-state index in [0.29, 0.717) is 13.1 Å². The Morgan fingerprint density at radius 2 is 1.00 bits per heavy atom. The Labute approximate surface area is 120 Å². The normalized spacial score (nSPS) is 13.4. The molecular weight excluding hydrogens is 306 g/mol. The highest BCUT2D eigenvalue weighted by molar-refractivity contribution is 7.51. The van der Waals surface area contributed by atoms with Gasteiger partial charge in [0.1, 0.15) is 12.6 Å². The Kier molecular flexibility index (Phi) is 9.38. The zero-order valence-corrected chi connectivity index (χ0v) is 13.8. The fourth-order valence-electron chi connectivity index (χ4n) is 1.89. The van der Waals surface area contributed by atoms with Gasteiger partial charge in [-0.05, 0) is 40.0 Å². The van der Waals surface area contributed by atoms with Gasteiger partial charge < -0.3 is 19.6 Å². The lowest BCUT2D eigenvalue weighted by Crippen LogP contribution is -2.22. The van der Waals surface area contributed by atoms with Crippen LogP contribution < -0.4 is 0 Å². The molecule has 20 heavy (non-hydrogen) atoms. The van der Waals surface area contributed by atoms with Crippen LogP contribution in [0.4, 0.5) is 0 Å². The molecule has 0 bridgehead atoms. The zero-order valence-electron chi connectivity index (χ0n) is 12.1. The molecule has 0 amide bonds. The quantitative estimate of drug-likeness (QED) is 0.322. The van der Waals surface area contributed by atoms with Gasteiger partial charge in [-0.3, -0.25) is 18.9 Å². The van der Waals surface area contributed by atoms with Crippen LogP contribution in [0, 0.1) is 0 Å². The Bertz CT molecular complexity index is 322. The molecule has 0 heterocycles. The molecule has 0 radical (unpaired) electrons. The highest BCUT2D eigenvalue weighted by Crippen LogP contribution is 2.35. The van der Waals surface area contributed by atoms with Gasteiger partial charge in [0.05, 0.1) is 0 Å². The summed E-state index contributed by atoms with van der Waals surface area (Å²) in [5, 5.41) is 0. The van der Waals surface area contributed by atoms with Crippen molar-refractivity contribution in [2.45, 2.75) is 25.7 Å². The Hall–Kier alpha value is 0.220. The highest BCUT2D eigenvalue weighted by atomic mass is 31.2. The molecular formula is C10H26N2O6P2. The fourth-order valence-corrected chi connectivity index (χ4v) is 3.43. The van der Waals surface area contributed by atoms with E-state index in [4.69, 9.17) is 19.6 Å². The molecule has 0 aliphatic heterocycles. The first-order chi connectivity index (χ1) is 8.99. The summed E-state index contributed by atoms with van der Waals surface area (Å²) in [6.07, 6.45) is 3.10. The lowest BCUT2D eigenvalue weighted by molar-refractivity contribution is 0.299. The minimum absolute atomic E-state index is 0.224. The predicted molar refractivity (Wildman–Crippen MR) is 77.6 cm³/mol. The van der Waals surface area contributed by atoms with E-state index in [1.54, 1.807) is 23.9 Å². The summed E-state index contributed by atoms with van der Waals surface area (Å²) in [5.41, 5.74) is 0. The second-order valence-corrected chi connectivity index (χ2v) is 8.41. The van der Waals surface area contributed by atoms with E-state index < -0.39 is 15.2 Å². The molecule has 0 rings (SSSR count). The van der Waals surface area contributed by atoms with Crippen LogP contribution in [0.5, 0.6) is 0 Å². The van der Waals surface area contributed by atoms with Crippen LogP contribution in [0.2, 0.25) is 0 Å². The largest absolute Gasteiger partial charge is 0.339 e. The van der Waals surface area contributed by atoms with Gasteiger partial charge in [0.15, 0.2) is 0 Å². The summed E-state index contributed by atoms with van der Waals surface area (Å²) in [5.74, 6) is 0. The minimum Gasteiger partial charge on any atom is -0.324 e. The molecule has 0 aromatic rings. The third-order valence-electron chi connectivity index (χ3n) is 2.68. The summed E-state index contributed by atoms with van der Waals surface area (Å²) in [6, 6.07) is 0. The van der Waals surface area contributed by atoms with Crippen LogP contribution in [-0.2, 0) is 9.13 Å². The van der Waals surface area contributed by atoms with Gasteiger partial charge in [-0.1, -0.05) is 12.8 Å². The molecule has 0 fully saturated rings. The molecule has 0 atom stereocenters. The van der Waals surface area contributed by atoms with Crippen molar-refractivity contribution in [3.8, 4) is 0 Å². The number of rotatable bonds is 11. The predicted octanol–water partition coefficient (Wildman–Crippen LogP) is 0.681. The number of unbranched alkanes of at least 4 members (excludes halogenated alkanes) is 3. The SMILES string of the molecule is CN(CCCCCCN(C)CP(=O)(O)O)CP(=O)(O)O. The third kappa shape index (κ3) is 14.6. The maximum atomic E-state index is 10.7. The molecule has 0 aliphatic rings. The first-order valence-electron chi connectivity index (χ1n) is 6.46. The molecule has 122 valence electrons. The Morgan fingerprint density at radius 1 is 0.700 bits per heavy atom. The van der Waals surface area contributed by atoms with Crippen LogP contribution in [0.15, 0.2) is 0 Å². The Morgan fingerprint density at radius 3 is 1.25 bits per heavy atom. The van der Waals surface area contributed by atoms with Crippen molar-refractivity contribution in [2.24, 2.45) is 0 Å². The van der Waals surface area contributed by atoms with E-state index in [2.05, 4.69) is 0 Å². The smallest absolute Gasteiger partial charge is 0.324 e. The highest BCUT2D eigenvalue weighted by Gasteiger charge is 2.16. The summed E-state index contributed by atoms with van der Waals surface area (Å²) >= 11 is 0. The van der Waals surface area contributed by atoms with E-state index in [9.17, 15) is 9.13 Å². The van der Waals surface area contributed by atoms with E-state index in [-0.39, 0.29) is 12.6 Å². The molecule has 0 saturated heterocycles. The summed E-state index contributed by atoms with van der Waals surface area (Å²) in [4.78, 5) is 38.4. The maximum absolute atomic E-state index is 10.7. The molecule has 0 aromatic heterocycles. The van der Waals surface area contributed by atoms with Crippen molar-refractivity contribution >= 4 is 15.2 Å². The average Bonchev–Trinajstić information content (AvgIpc) is 2.17. The van der Waals surface area contributed by atoms with E-state index in [0.717, 1.165) is 25.7 Å². The molecule has 0 aromatic carbocycles. The second kappa shape index (κ2) is 9.28. The zero-order chi connectivity index (χ0) is 15.8. The first-order valence-corrected chi connectivity index (χ1v) is 10.1. The minimum atomic E-state index is -3.97. The van der Waals surface area contributed by atoms with Crippen molar-refractivity contribution in [3.05, 3.63) is 0 Å². The first kappa shape index (κ1) is 20.2. The fraction of sp³-hybridized carbons (Fsp3) is 1.00. The lowest BCUT2D eigenvalue weighted by Gasteiger charge is -2.18. The van der Waals surface area contributed by atoms with Crippen LogP contribution in [-0.4, -0.2) is 69.1 Å². The van der Waals surface area contributed by atoms with Crippen LogP contribution in [0.3, 0.4) is 0 Å². The number of hydrogen-bond acceptors (Lipinski definition) is 4. The van der Waals surface area contributed by atoms with Gasteiger partial charge in [-0.15, -0.1) is 0 Å². The molecule has 0 aliphatic carbocycles. The Balaban J connectivity index is 3.54. The van der Waals surface area contributed by atoms with Crippen molar-refractivity contribution < 1.29 is 28.7 Å². The molecule has 0 spiro atoms. The summed E-state index contributed by atoms with van der Waals surface area (Å²) in [6.45, 7) is 1.26. The standard InChI is InChI=1S/C10H26N2O6P2/c1-11(9-19(13,14)15)7-5-3-4-6-8-12(2)10-20(16,17)18/h3-10H2,1-2H3,(H2,13,14,15)(H2,16,17,18). The van der Waals surface area contributed by atoms with Crippen LogP contribution in [0.1, 0.15) is 25.7 Å². The van der Waals surface area contributed by atoms with E-state index >= 15 is 0 Å². The van der Waals surface area contributed by atoms with Crippen molar-refractivity contribution in [1.82, 2.24) is 9.80 Å². The molecule has 8 nitrogen and oxygen atoms in total. The number of hydrogen-bond donors (Lipinski definition) is 4. The molecule has 4 N–H and O–H groups in total. The van der Waals surface area contributed by atoms with Gasteiger partial charge >= 0.3 is 15.2 Å². The maximum Gasteiger partial charge on any atom is 0.339 e. The van der Waals surface area contributed by atoms with Gasteiger partial charge in [0.2, 0.25) is 0 Å². The van der Waals surface area contributed by atoms with Crippen molar-refractivity contribution in [1.29, 1.82) is 0 Å². The van der Waals surface area contributed by atoms with Crippen LogP contribution in [0.25, 0.3) is 0 Å². The monoisotopic (exact) mass is 332 g/mol. The summed E-state index contributed by atoms with van der Waals surface area (Å²) in [7, 11) is -4.59. The lowest BCUT2D eigenvalue weighted by atomic mass is 10.2. The average molecular weight is 332 g/mol. The van der Waals surface area contributed by atoms with Gasteiger partial charge in [-0.25, -0.2) is 0 Å². The molecule has 10 heteroatoms. The third-order valence-corrected chi connectivity index (χ3v) is 4.38. The summed E-state index contributed by atoms with van der Waals surface area (Å²) < 4.78 is 21.5. The van der Waals surface area contributed by atoms with Crippen molar-refractivity contribution in [3.63, 3.8) is 0 Å². The van der Waals surface area contributed by atoms with Crippen molar-refractivity contribution in [2.75, 3.05) is 39.8 Å². The van der Waals surface area contributed by atoms with Gasteiger partial charge in [0, 0.05) is 0 Å². The van der Waals surface area contributed by atoms with Crippen LogP contribution >= 0.6 is 15.2 Å². The molecule has 0 saturated carbocycles. The number of nitrogens with zero attached hydrogens (tertiary/aromatic N) is 2. The topological polar surface area (TPSA) is 122 Å². The van der Waals surface area contributed by atoms with E-state index in [1.165, 1.54) is 0 Å². The second-order valence-electron chi connectivity index (χ2n) is 5.19. The van der Waals surface area contributed by atoms with E-state index in [1.807, 2.05) is 0 Å². The van der Waals surface area contributed by atoms with Gasteiger partial charge in [-0.2, -0.15) is 0 Å².